The lowest BCUT2D eigenvalue weighted by Gasteiger charge is -2.37. The number of ether oxygens (including phenoxy) is 1. The third-order valence-corrected chi connectivity index (χ3v) is 5.13. The summed E-state index contributed by atoms with van der Waals surface area (Å²) in [5, 5.41) is 0. The minimum Gasteiger partial charge on any atom is -0.464 e. The highest BCUT2D eigenvalue weighted by molar-refractivity contribution is 5.80. The standard InChI is InChI=1S/C21H34N2O2/c1-2-3-4-5-6-10-17-25-20(24)21(22)13-15-23(16-14-21)18-19-11-8-7-9-12-19/h7-9,11-12H,2-6,10,13-18,22H2,1H3. The van der Waals surface area contributed by atoms with Crippen LogP contribution >= 0.6 is 0 Å². The largest absolute Gasteiger partial charge is 0.464 e. The molecule has 25 heavy (non-hydrogen) atoms. The second-order valence-corrected chi connectivity index (χ2v) is 7.32. The highest BCUT2D eigenvalue weighted by Crippen LogP contribution is 2.23. The number of unbranched alkanes of at least 4 members (excludes halogenated alkanes) is 5. The SMILES string of the molecule is CCCCCCCCOC(=O)C1(N)CCN(Cc2ccccc2)CC1. The van der Waals surface area contributed by atoms with E-state index < -0.39 is 5.54 Å². The predicted molar refractivity (Wildman–Crippen MR) is 102 cm³/mol. The quantitative estimate of drug-likeness (QED) is 0.516. The van der Waals surface area contributed by atoms with Crippen molar-refractivity contribution in [2.24, 2.45) is 5.73 Å². The average Bonchev–Trinajstić information content (AvgIpc) is 2.64. The number of hydrogen-bond acceptors (Lipinski definition) is 4. The average molecular weight is 347 g/mol. The van der Waals surface area contributed by atoms with E-state index in [1.807, 2.05) is 6.07 Å². The molecule has 1 aliphatic rings. The fraction of sp³-hybridized carbons (Fsp3) is 0.667. The lowest BCUT2D eigenvalue weighted by molar-refractivity contribution is -0.152. The summed E-state index contributed by atoms with van der Waals surface area (Å²) in [5.41, 5.74) is 6.84. The number of likely N-dealkylation sites (tertiary alicyclic amines) is 1. The summed E-state index contributed by atoms with van der Waals surface area (Å²) in [6, 6.07) is 10.4. The maximum Gasteiger partial charge on any atom is 0.326 e. The van der Waals surface area contributed by atoms with Crippen molar-refractivity contribution in [3.05, 3.63) is 35.9 Å². The predicted octanol–water partition coefficient (Wildman–Crippen LogP) is 3.88. The number of carbonyl (C=O) groups excluding carboxylic acids is 1. The van der Waals surface area contributed by atoms with Crippen molar-refractivity contribution in [3.8, 4) is 0 Å². The molecule has 0 spiro atoms. The van der Waals surface area contributed by atoms with Crippen LogP contribution in [0.4, 0.5) is 0 Å². The Morgan fingerprint density at radius 3 is 2.40 bits per heavy atom. The Labute approximate surface area is 152 Å². The van der Waals surface area contributed by atoms with Crippen molar-refractivity contribution in [2.45, 2.75) is 70.4 Å². The molecule has 0 saturated carbocycles. The van der Waals surface area contributed by atoms with E-state index >= 15 is 0 Å². The number of nitrogens with zero attached hydrogens (tertiary/aromatic N) is 1. The third-order valence-electron chi connectivity index (χ3n) is 5.13. The molecule has 0 radical (unpaired) electrons. The number of esters is 1. The summed E-state index contributed by atoms with van der Waals surface area (Å²) in [5.74, 6) is -0.208. The van der Waals surface area contributed by atoms with E-state index in [1.54, 1.807) is 0 Å². The maximum absolute atomic E-state index is 12.4. The minimum absolute atomic E-state index is 0.208. The molecule has 0 aromatic heterocycles. The van der Waals surface area contributed by atoms with Crippen molar-refractivity contribution < 1.29 is 9.53 Å². The fourth-order valence-corrected chi connectivity index (χ4v) is 3.35. The smallest absolute Gasteiger partial charge is 0.326 e. The van der Waals surface area contributed by atoms with Crippen LogP contribution in [0.5, 0.6) is 0 Å². The molecule has 1 heterocycles. The van der Waals surface area contributed by atoms with Gasteiger partial charge in [0, 0.05) is 19.6 Å². The van der Waals surface area contributed by atoms with Gasteiger partial charge in [0.2, 0.25) is 0 Å². The van der Waals surface area contributed by atoms with Gasteiger partial charge in [-0.15, -0.1) is 0 Å². The van der Waals surface area contributed by atoms with Crippen molar-refractivity contribution in [1.82, 2.24) is 4.90 Å². The molecule has 2 rings (SSSR count). The lowest BCUT2D eigenvalue weighted by atomic mass is 9.88. The van der Waals surface area contributed by atoms with E-state index in [-0.39, 0.29) is 5.97 Å². The van der Waals surface area contributed by atoms with E-state index in [2.05, 4.69) is 36.1 Å². The highest BCUT2D eigenvalue weighted by Gasteiger charge is 2.38. The van der Waals surface area contributed by atoms with Crippen molar-refractivity contribution in [1.29, 1.82) is 0 Å². The van der Waals surface area contributed by atoms with Gasteiger partial charge in [-0.25, -0.2) is 0 Å². The molecular formula is C21H34N2O2. The van der Waals surface area contributed by atoms with Crippen LogP contribution in [-0.4, -0.2) is 36.1 Å². The van der Waals surface area contributed by atoms with Crippen LogP contribution in [-0.2, 0) is 16.1 Å². The second kappa shape index (κ2) is 10.6. The molecule has 1 aromatic carbocycles. The Bertz CT molecular complexity index is 496. The fourth-order valence-electron chi connectivity index (χ4n) is 3.35. The van der Waals surface area contributed by atoms with Crippen molar-refractivity contribution in [3.63, 3.8) is 0 Å². The van der Waals surface area contributed by atoms with Crippen LogP contribution in [0.25, 0.3) is 0 Å². The summed E-state index contributed by atoms with van der Waals surface area (Å²) < 4.78 is 5.46. The van der Waals surface area contributed by atoms with Crippen molar-refractivity contribution in [2.75, 3.05) is 19.7 Å². The maximum atomic E-state index is 12.4. The first-order chi connectivity index (χ1) is 12.1. The molecule has 0 amide bonds. The Balaban J connectivity index is 1.64. The molecule has 1 aromatic rings. The summed E-state index contributed by atoms with van der Waals surface area (Å²) in [6.07, 6.45) is 8.50. The topological polar surface area (TPSA) is 55.6 Å². The molecule has 1 saturated heterocycles. The van der Waals surface area contributed by atoms with Gasteiger partial charge < -0.3 is 10.5 Å². The highest BCUT2D eigenvalue weighted by atomic mass is 16.5. The monoisotopic (exact) mass is 346 g/mol. The van der Waals surface area contributed by atoms with Gasteiger partial charge in [0.05, 0.1) is 6.61 Å². The molecule has 1 aliphatic heterocycles. The Morgan fingerprint density at radius 1 is 1.08 bits per heavy atom. The first-order valence-electron chi connectivity index (χ1n) is 9.86. The number of hydrogen-bond donors (Lipinski definition) is 1. The van der Waals surface area contributed by atoms with E-state index in [4.69, 9.17) is 10.5 Å². The summed E-state index contributed by atoms with van der Waals surface area (Å²) in [4.78, 5) is 14.7. The van der Waals surface area contributed by atoms with E-state index in [0.29, 0.717) is 19.4 Å². The van der Waals surface area contributed by atoms with Gasteiger partial charge in [-0.2, -0.15) is 0 Å². The van der Waals surface area contributed by atoms with Crippen LogP contribution in [0.15, 0.2) is 30.3 Å². The second-order valence-electron chi connectivity index (χ2n) is 7.32. The first-order valence-corrected chi connectivity index (χ1v) is 9.86. The lowest BCUT2D eigenvalue weighted by Crippen LogP contribution is -2.56. The molecular weight excluding hydrogens is 312 g/mol. The van der Waals surface area contributed by atoms with Gasteiger partial charge >= 0.3 is 5.97 Å². The summed E-state index contributed by atoms with van der Waals surface area (Å²) in [6.45, 7) is 5.34. The van der Waals surface area contributed by atoms with Gasteiger partial charge in [-0.1, -0.05) is 69.4 Å². The summed E-state index contributed by atoms with van der Waals surface area (Å²) >= 11 is 0. The molecule has 0 bridgehead atoms. The normalized spacial score (nSPS) is 17.4. The van der Waals surface area contributed by atoms with E-state index in [0.717, 1.165) is 32.5 Å². The Kier molecular flexibility index (Phi) is 8.42. The zero-order valence-corrected chi connectivity index (χ0v) is 15.7. The zero-order valence-electron chi connectivity index (χ0n) is 15.7. The number of nitrogens with two attached hydrogens (primary N) is 1. The van der Waals surface area contributed by atoms with Crippen LogP contribution in [0, 0.1) is 0 Å². The molecule has 0 atom stereocenters. The van der Waals surface area contributed by atoms with Gasteiger partial charge in [0.25, 0.3) is 0 Å². The van der Waals surface area contributed by atoms with Crippen LogP contribution in [0.3, 0.4) is 0 Å². The van der Waals surface area contributed by atoms with Gasteiger partial charge in [-0.05, 0) is 24.8 Å². The van der Waals surface area contributed by atoms with Crippen LogP contribution < -0.4 is 5.73 Å². The van der Waals surface area contributed by atoms with Crippen LogP contribution in [0.2, 0.25) is 0 Å². The molecule has 4 nitrogen and oxygen atoms in total. The summed E-state index contributed by atoms with van der Waals surface area (Å²) in [7, 11) is 0. The number of benzene rings is 1. The van der Waals surface area contributed by atoms with Gasteiger partial charge in [0.15, 0.2) is 0 Å². The molecule has 0 aliphatic carbocycles. The van der Waals surface area contributed by atoms with Gasteiger partial charge in [-0.3, -0.25) is 9.69 Å². The number of carbonyl (C=O) groups is 1. The van der Waals surface area contributed by atoms with Crippen molar-refractivity contribution >= 4 is 5.97 Å². The minimum atomic E-state index is -0.796. The first kappa shape index (κ1) is 19.9. The zero-order chi connectivity index (χ0) is 18.0. The van der Waals surface area contributed by atoms with E-state index in [1.165, 1.54) is 31.2 Å². The van der Waals surface area contributed by atoms with E-state index in [9.17, 15) is 4.79 Å². The Hall–Kier alpha value is -1.39. The Morgan fingerprint density at radius 2 is 1.72 bits per heavy atom. The van der Waals surface area contributed by atoms with Crippen LogP contribution in [0.1, 0.15) is 63.9 Å². The third kappa shape index (κ3) is 6.79. The molecule has 0 unspecified atom stereocenters. The number of piperidine rings is 1. The van der Waals surface area contributed by atoms with Gasteiger partial charge in [0.1, 0.15) is 5.54 Å². The molecule has 2 N–H and O–H groups in total. The molecule has 4 heteroatoms. The molecule has 1 fully saturated rings. The molecule has 140 valence electrons. The number of rotatable bonds is 10.